The average molecular weight is 302 g/mol. The number of nitrogens with one attached hydrogen (secondary N) is 1. The van der Waals surface area contributed by atoms with Gasteiger partial charge in [-0.05, 0) is 30.3 Å². The number of para-hydroxylation sites is 1. The summed E-state index contributed by atoms with van der Waals surface area (Å²) in [6, 6.07) is 14.3. The minimum atomic E-state index is -0.993. The first-order valence-electron chi connectivity index (χ1n) is 6.38. The lowest BCUT2D eigenvalue weighted by atomic mass is 10.1. The van der Waals surface area contributed by atoms with E-state index in [1.54, 1.807) is 30.3 Å². The molecule has 0 spiro atoms. The molecule has 2 N–H and O–H groups in total. The van der Waals surface area contributed by atoms with Gasteiger partial charge in [0.1, 0.15) is 16.9 Å². The van der Waals surface area contributed by atoms with E-state index in [1.807, 2.05) is 18.2 Å². The lowest BCUT2D eigenvalue weighted by molar-refractivity contribution is 0.0696. The molecule has 0 aliphatic carbocycles. The van der Waals surface area contributed by atoms with Gasteiger partial charge in [-0.1, -0.05) is 29.8 Å². The standard InChI is InChI=1S/C16H12ClNO3/c17-10-5-7-11(8-6-10)18-9-14-15(16(19)20)12-3-1-2-4-13(12)21-14/h1-8,18H,9H2,(H,19,20). The quantitative estimate of drug-likeness (QED) is 0.750. The van der Waals surface area contributed by atoms with Crippen LogP contribution in [0.15, 0.2) is 52.9 Å². The van der Waals surface area contributed by atoms with Crippen LogP contribution in [0.5, 0.6) is 0 Å². The molecular formula is C16H12ClNO3. The Morgan fingerprint density at radius 3 is 2.57 bits per heavy atom. The third kappa shape index (κ3) is 2.71. The van der Waals surface area contributed by atoms with Gasteiger partial charge in [0.15, 0.2) is 0 Å². The second kappa shape index (κ2) is 5.50. The minimum absolute atomic E-state index is 0.201. The Kier molecular flexibility index (Phi) is 3.54. The molecule has 4 nitrogen and oxygen atoms in total. The average Bonchev–Trinajstić information content (AvgIpc) is 2.85. The molecule has 1 heterocycles. The van der Waals surface area contributed by atoms with Crippen LogP contribution in [0.2, 0.25) is 5.02 Å². The molecule has 106 valence electrons. The highest BCUT2D eigenvalue weighted by Crippen LogP contribution is 2.26. The monoisotopic (exact) mass is 301 g/mol. The van der Waals surface area contributed by atoms with E-state index in [9.17, 15) is 9.90 Å². The van der Waals surface area contributed by atoms with Crippen molar-refractivity contribution in [2.45, 2.75) is 6.54 Å². The first kappa shape index (κ1) is 13.5. The van der Waals surface area contributed by atoms with Gasteiger partial charge in [-0.25, -0.2) is 4.79 Å². The van der Waals surface area contributed by atoms with E-state index in [0.717, 1.165) is 5.69 Å². The van der Waals surface area contributed by atoms with E-state index in [4.69, 9.17) is 16.0 Å². The zero-order valence-corrected chi connectivity index (χ0v) is 11.7. The summed E-state index contributed by atoms with van der Waals surface area (Å²) in [5.74, 6) is -0.591. The van der Waals surface area contributed by atoms with Crippen molar-refractivity contribution in [1.29, 1.82) is 0 Å². The maximum absolute atomic E-state index is 11.4. The summed E-state index contributed by atoms with van der Waals surface area (Å²) in [4.78, 5) is 11.4. The Morgan fingerprint density at radius 1 is 1.14 bits per heavy atom. The Labute approximate surface area is 126 Å². The number of benzene rings is 2. The Morgan fingerprint density at radius 2 is 1.86 bits per heavy atom. The molecule has 0 radical (unpaired) electrons. The number of hydrogen-bond donors (Lipinski definition) is 2. The van der Waals surface area contributed by atoms with Crippen LogP contribution in [0.25, 0.3) is 11.0 Å². The predicted octanol–water partition coefficient (Wildman–Crippen LogP) is 4.40. The molecule has 0 aliphatic heterocycles. The fourth-order valence-electron chi connectivity index (χ4n) is 2.21. The first-order valence-corrected chi connectivity index (χ1v) is 6.76. The van der Waals surface area contributed by atoms with E-state index < -0.39 is 5.97 Å². The second-order valence-corrected chi connectivity index (χ2v) is 5.00. The highest BCUT2D eigenvalue weighted by atomic mass is 35.5. The summed E-state index contributed by atoms with van der Waals surface area (Å²) in [5.41, 5.74) is 1.62. The number of carboxylic acids is 1. The highest BCUT2D eigenvalue weighted by molar-refractivity contribution is 6.30. The van der Waals surface area contributed by atoms with Crippen LogP contribution < -0.4 is 5.32 Å². The summed E-state index contributed by atoms with van der Waals surface area (Å²) in [7, 11) is 0. The van der Waals surface area contributed by atoms with Crippen molar-refractivity contribution < 1.29 is 14.3 Å². The van der Waals surface area contributed by atoms with Gasteiger partial charge in [0.25, 0.3) is 0 Å². The van der Waals surface area contributed by atoms with Crippen LogP contribution in [0.1, 0.15) is 16.1 Å². The zero-order valence-electron chi connectivity index (χ0n) is 11.0. The zero-order chi connectivity index (χ0) is 14.8. The van der Waals surface area contributed by atoms with Crippen molar-refractivity contribution in [3.63, 3.8) is 0 Å². The van der Waals surface area contributed by atoms with Crippen LogP contribution in [0.3, 0.4) is 0 Å². The maximum Gasteiger partial charge on any atom is 0.339 e. The van der Waals surface area contributed by atoms with Crippen molar-refractivity contribution in [3.05, 3.63) is 64.9 Å². The largest absolute Gasteiger partial charge is 0.478 e. The van der Waals surface area contributed by atoms with E-state index in [0.29, 0.717) is 21.8 Å². The summed E-state index contributed by atoms with van der Waals surface area (Å²) >= 11 is 5.83. The molecule has 0 saturated carbocycles. The van der Waals surface area contributed by atoms with Gasteiger partial charge >= 0.3 is 5.97 Å². The van der Waals surface area contributed by atoms with Gasteiger partial charge in [0.05, 0.1) is 6.54 Å². The number of carbonyl (C=O) groups is 1. The first-order chi connectivity index (χ1) is 10.1. The highest BCUT2D eigenvalue weighted by Gasteiger charge is 2.19. The molecule has 0 amide bonds. The third-order valence-corrected chi connectivity index (χ3v) is 3.43. The molecule has 2 aromatic carbocycles. The molecule has 3 rings (SSSR count). The normalized spacial score (nSPS) is 10.7. The maximum atomic E-state index is 11.4. The number of halogens is 1. The van der Waals surface area contributed by atoms with E-state index in [2.05, 4.69) is 5.32 Å². The smallest absolute Gasteiger partial charge is 0.339 e. The molecule has 5 heteroatoms. The Hall–Kier alpha value is -2.46. The Bertz CT molecular complexity index is 793. The minimum Gasteiger partial charge on any atom is -0.478 e. The summed E-state index contributed by atoms with van der Waals surface area (Å²) in [5, 5.41) is 13.8. The van der Waals surface area contributed by atoms with Crippen molar-refractivity contribution in [2.24, 2.45) is 0 Å². The number of hydrogen-bond acceptors (Lipinski definition) is 3. The van der Waals surface area contributed by atoms with Gasteiger partial charge in [0.2, 0.25) is 0 Å². The molecular weight excluding hydrogens is 290 g/mol. The molecule has 0 unspecified atom stereocenters. The predicted molar refractivity (Wildman–Crippen MR) is 82.0 cm³/mol. The third-order valence-electron chi connectivity index (χ3n) is 3.18. The van der Waals surface area contributed by atoms with Crippen molar-refractivity contribution >= 4 is 34.2 Å². The molecule has 1 aromatic heterocycles. The molecule has 0 fully saturated rings. The van der Waals surface area contributed by atoms with Gasteiger partial charge in [-0.2, -0.15) is 0 Å². The number of carboxylic acid groups (broad SMARTS) is 1. The van der Waals surface area contributed by atoms with Crippen molar-refractivity contribution in [1.82, 2.24) is 0 Å². The topological polar surface area (TPSA) is 62.5 Å². The summed E-state index contributed by atoms with van der Waals surface area (Å²) < 4.78 is 5.64. The van der Waals surface area contributed by atoms with E-state index in [-0.39, 0.29) is 12.1 Å². The van der Waals surface area contributed by atoms with E-state index in [1.165, 1.54) is 0 Å². The van der Waals surface area contributed by atoms with Crippen molar-refractivity contribution in [3.8, 4) is 0 Å². The van der Waals surface area contributed by atoms with Crippen LogP contribution in [-0.2, 0) is 6.54 Å². The van der Waals surface area contributed by atoms with Gasteiger partial charge in [-0.15, -0.1) is 0 Å². The van der Waals surface area contributed by atoms with Crippen LogP contribution in [0.4, 0.5) is 5.69 Å². The molecule has 3 aromatic rings. The fraction of sp³-hybridized carbons (Fsp3) is 0.0625. The number of furan rings is 1. The molecule has 0 bridgehead atoms. The molecule has 0 aliphatic rings. The second-order valence-electron chi connectivity index (χ2n) is 4.56. The number of aromatic carboxylic acids is 1. The number of rotatable bonds is 4. The van der Waals surface area contributed by atoms with E-state index >= 15 is 0 Å². The number of anilines is 1. The molecule has 0 atom stereocenters. The Balaban J connectivity index is 1.91. The molecule has 21 heavy (non-hydrogen) atoms. The van der Waals surface area contributed by atoms with Crippen LogP contribution in [0, 0.1) is 0 Å². The number of fused-ring (bicyclic) bond motifs is 1. The van der Waals surface area contributed by atoms with Crippen molar-refractivity contribution in [2.75, 3.05) is 5.32 Å². The summed E-state index contributed by atoms with van der Waals surface area (Å²) in [6.45, 7) is 0.290. The SMILES string of the molecule is O=C(O)c1c(CNc2ccc(Cl)cc2)oc2ccccc12. The van der Waals surface area contributed by atoms with Gasteiger partial charge in [-0.3, -0.25) is 0 Å². The summed E-state index contributed by atoms with van der Waals surface area (Å²) in [6.07, 6.45) is 0. The van der Waals surface area contributed by atoms with Gasteiger partial charge < -0.3 is 14.8 Å². The lowest BCUT2D eigenvalue weighted by Crippen LogP contribution is -2.04. The lowest BCUT2D eigenvalue weighted by Gasteiger charge is -2.05. The van der Waals surface area contributed by atoms with Crippen LogP contribution in [-0.4, -0.2) is 11.1 Å². The van der Waals surface area contributed by atoms with Crippen LogP contribution >= 0.6 is 11.6 Å². The molecule has 0 saturated heterocycles. The fourth-order valence-corrected chi connectivity index (χ4v) is 2.33. The van der Waals surface area contributed by atoms with Gasteiger partial charge in [0, 0.05) is 16.1 Å².